The highest BCUT2D eigenvalue weighted by Crippen LogP contribution is 2.00. The number of ether oxygens (including phenoxy) is 1. The Balaban J connectivity index is 2.83. The van der Waals surface area contributed by atoms with Crippen molar-refractivity contribution in [3.8, 4) is 0 Å². The van der Waals surface area contributed by atoms with Crippen molar-refractivity contribution in [1.82, 2.24) is 15.5 Å². The molecule has 8 nitrogen and oxygen atoms in total. The zero-order chi connectivity index (χ0) is 16.7. The SMILES string of the molecule is C=C1/C=C/C(=O)N(C)CC(=O)NCC(=O)OCC(C)C(=O)N1. The molecule has 0 saturated heterocycles. The Labute approximate surface area is 128 Å². The average molecular weight is 309 g/mol. The highest BCUT2D eigenvalue weighted by molar-refractivity contribution is 5.92. The molecule has 1 rings (SSSR count). The van der Waals surface area contributed by atoms with Gasteiger partial charge in [-0.15, -0.1) is 0 Å². The Kier molecular flexibility index (Phi) is 6.30. The molecule has 1 aliphatic rings. The molecule has 8 heteroatoms. The largest absolute Gasteiger partial charge is 0.464 e. The second kappa shape index (κ2) is 7.96. The number of nitrogens with zero attached hydrogens (tertiary/aromatic N) is 1. The van der Waals surface area contributed by atoms with E-state index in [4.69, 9.17) is 4.74 Å². The standard InChI is InChI=1S/C14H19N3O5/c1-9-8-22-13(20)6-15-11(18)7-17(3)12(19)5-4-10(2)16-14(9)21/h4-5,9H,2,6-8H2,1,3H3,(H,15,18)(H,16,21)/b5-4+. The van der Waals surface area contributed by atoms with Gasteiger partial charge in [0.05, 0.1) is 12.5 Å². The Hall–Kier alpha value is -2.64. The van der Waals surface area contributed by atoms with Crippen LogP contribution in [0, 0.1) is 5.92 Å². The summed E-state index contributed by atoms with van der Waals surface area (Å²) in [5.41, 5.74) is 0.226. The number of hydrogen-bond donors (Lipinski definition) is 2. The van der Waals surface area contributed by atoms with E-state index in [0.717, 1.165) is 4.90 Å². The van der Waals surface area contributed by atoms with Gasteiger partial charge in [0.2, 0.25) is 17.7 Å². The van der Waals surface area contributed by atoms with Crippen LogP contribution in [-0.2, 0) is 23.9 Å². The Morgan fingerprint density at radius 3 is 2.64 bits per heavy atom. The lowest BCUT2D eigenvalue weighted by Crippen LogP contribution is -2.40. The Morgan fingerprint density at radius 1 is 1.27 bits per heavy atom. The van der Waals surface area contributed by atoms with Crippen molar-refractivity contribution in [2.24, 2.45) is 5.92 Å². The summed E-state index contributed by atoms with van der Waals surface area (Å²) in [7, 11) is 1.44. The quantitative estimate of drug-likeness (QED) is 0.555. The van der Waals surface area contributed by atoms with E-state index in [0.29, 0.717) is 0 Å². The van der Waals surface area contributed by atoms with E-state index in [1.54, 1.807) is 6.92 Å². The minimum Gasteiger partial charge on any atom is -0.464 e. The van der Waals surface area contributed by atoms with Gasteiger partial charge in [0.25, 0.3) is 0 Å². The van der Waals surface area contributed by atoms with Crippen molar-refractivity contribution in [1.29, 1.82) is 0 Å². The maximum absolute atomic E-state index is 11.8. The Bertz CT molecular complexity index is 527. The molecule has 0 radical (unpaired) electrons. The molecule has 1 unspecified atom stereocenters. The monoisotopic (exact) mass is 309 g/mol. The van der Waals surface area contributed by atoms with Gasteiger partial charge in [-0.05, 0) is 6.08 Å². The van der Waals surface area contributed by atoms with E-state index < -0.39 is 23.7 Å². The minimum atomic E-state index is -0.659. The Morgan fingerprint density at radius 2 is 1.95 bits per heavy atom. The summed E-state index contributed by atoms with van der Waals surface area (Å²) in [6.07, 6.45) is 2.54. The normalized spacial score (nSPS) is 23.8. The zero-order valence-electron chi connectivity index (χ0n) is 12.5. The van der Waals surface area contributed by atoms with Crippen LogP contribution < -0.4 is 10.6 Å². The number of rotatable bonds is 0. The molecule has 0 aromatic rings. The first-order valence-corrected chi connectivity index (χ1v) is 6.65. The zero-order valence-corrected chi connectivity index (χ0v) is 12.5. The number of cyclic esters (lactones) is 1. The third-order valence-electron chi connectivity index (χ3n) is 2.84. The molecule has 3 amide bonds. The van der Waals surface area contributed by atoms with Crippen molar-refractivity contribution in [2.75, 3.05) is 26.7 Å². The lowest BCUT2D eigenvalue weighted by atomic mass is 10.2. The molecule has 1 aliphatic heterocycles. The van der Waals surface area contributed by atoms with Gasteiger partial charge in [-0.1, -0.05) is 13.5 Å². The number of carbonyl (C=O) groups excluding carboxylic acids is 4. The fraction of sp³-hybridized carbons (Fsp3) is 0.429. The van der Waals surface area contributed by atoms with Crippen LogP contribution >= 0.6 is 0 Å². The molecule has 0 fully saturated rings. The van der Waals surface area contributed by atoms with Crippen molar-refractivity contribution in [2.45, 2.75) is 6.92 Å². The van der Waals surface area contributed by atoms with E-state index in [2.05, 4.69) is 17.2 Å². The molecule has 1 atom stereocenters. The fourth-order valence-corrected chi connectivity index (χ4v) is 1.49. The molecule has 22 heavy (non-hydrogen) atoms. The van der Waals surface area contributed by atoms with Gasteiger partial charge < -0.3 is 20.3 Å². The van der Waals surface area contributed by atoms with E-state index in [1.807, 2.05) is 0 Å². The van der Waals surface area contributed by atoms with Gasteiger partial charge in [-0.2, -0.15) is 0 Å². The van der Waals surface area contributed by atoms with Gasteiger partial charge in [-0.3, -0.25) is 19.2 Å². The molecule has 0 aromatic heterocycles. The number of allylic oxidation sites excluding steroid dienone is 1. The predicted molar refractivity (Wildman–Crippen MR) is 77.2 cm³/mol. The van der Waals surface area contributed by atoms with Crippen LogP contribution in [0.5, 0.6) is 0 Å². The van der Waals surface area contributed by atoms with Crippen molar-refractivity contribution in [3.05, 3.63) is 24.4 Å². The lowest BCUT2D eigenvalue weighted by Gasteiger charge is -2.14. The van der Waals surface area contributed by atoms with E-state index in [-0.39, 0.29) is 31.3 Å². The summed E-state index contributed by atoms with van der Waals surface area (Å²) >= 11 is 0. The van der Waals surface area contributed by atoms with Crippen LogP contribution in [0.4, 0.5) is 0 Å². The summed E-state index contributed by atoms with van der Waals surface area (Å²) in [6.45, 7) is 4.54. The van der Waals surface area contributed by atoms with Gasteiger partial charge >= 0.3 is 5.97 Å². The van der Waals surface area contributed by atoms with Crippen LogP contribution in [0.3, 0.4) is 0 Å². The van der Waals surface area contributed by atoms with Crippen LogP contribution in [0.1, 0.15) is 6.92 Å². The first-order chi connectivity index (χ1) is 10.3. The number of esters is 1. The summed E-state index contributed by atoms with van der Waals surface area (Å²) in [5.74, 6) is -2.56. The van der Waals surface area contributed by atoms with E-state index >= 15 is 0 Å². The smallest absolute Gasteiger partial charge is 0.325 e. The highest BCUT2D eigenvalue weighted by atomic mass is 16.5. The lowest BCUT2D eigenvalue weighted by molar-refractivity contribution is -0.146. The molecule has 0 aromatic carbocycles. The summed E-state index contributed by atoms with van der Waals surface area (Å²) in [6, 6.07) is 0. The van der Waals surface area contributed by atoms with Gasteiger partial charge in [0, 0.05) is 18.8 Å². The average Bonchev–Trinajstić information content (AvgIpc) is 2.47. The number of amides is 3. The second-order valence-corrected chi connectivity index (χ2v) is 4.90. The van der Waals surface area contributed by atoms with E-state index in [9.17, 15) is 19.2 Å². The molecular formula is C14H19N3O5. The molecular weight excluding hydrogens is 290 g/mol. The first-order valence-electron chi connectivity index (χ1n) is 6.65. The number of nitrogens with one attached hydrogen (secondary N) is 2. The van der Waals surface area contributed by atoms with Crippen LogP contribution in [0.25, 0.3) is 0 Å². The van der Waals surface area contributed by atoms with Gasteiger partial charge in [-0.25, -0.2) is 0 Å². The van der Waals surface area contributed by atoms with Crippen molar-refractivity contribution < 1.29 is 23.9 Å². The van der Waals surface area contributed by atoms with Crippen molar-refractivity contribution >= 4 is 23.7 Å². The van der Waals surface area contributed by atoms with Crippen LogP contribution in [-0.4, -0.2) is 55.3 Å². The van der Waals surface area contributed by atoms with Gasteiger partial charge in [0.15, 0.2) is 0 Å². The summed E-state index contributed by atoms with van der Waals surface area (Å²) in [5, 5.41) is 4.83. The molecule has 120 valence electrons. The fourth-order valence-electron chi connectivity index (χ4n) is 1.49. The molecule has 0 bridgehead atoms. The van der Waals surface area contributed by atoms with Crippen LogP contribution in [0.15, 0.2) is 24.4 Å². The number of likely N-dealkylation sites (N-methyl/N-ethyl adjacent to an activating group) is 1. The maximum Gasteiger partial charge on any atom is 0.325 e. The highest BCUT2D eigenvalue weighted by Gasteiger charge is 2.17. The predicted octanol–water partition coefficient (Wildman–Crippen LogP) is -1.06. The third kappa shape index (κ3) is 5.78. The first kappa shape index (κ1) is 17.4. The van der Waals surface area contributed by atoms with Crippen molar-refractivity contribution in [3.63, 3.8) is 0 Å². The number of hydrogen-bond acceptors (Lipinski definition) is 5. The maximum atomic E-state index is 11.8. The molecule has 0 aliphatic carbocycles. The van der Waals surface area contributed by atoms with Gasteiger partial charge in [0.1, 0.15) is 13.2 Å². The molecule has 1 heterocycles. The second-order valence-electron chi connectivity index (χ2n) is 4.90. The minimum absolute atomic E-state index is 0.115. The van der Waals surface area contributed by atoms with Crippen LogP contribution in [0.2, 0.25) is 0 Å². The molecule has 2 N–H and O–H groups in total. The van der Waals surface area contributed by atoms with E-state index in [1.165, 1.54) is 19.2 Å². The molecule has 0 saturated carbocycles. The summed E-state index contributed by atoms with van der Waals surface area (Å²) < 4.78 is 4.89. The topological polar surface area (TPSA) is 105 Å². The molecule has 0 spiro atoms. The summed E-state index contributed by atoms with van der Waals surface area (Å²) in [4.78, 5) is 47.8. The third-order valence-corrected chi connectivity index (χ3v) is 2.84. The number of carbonyl (C=O) groups is 4.